The lowest BCUT2D eigenvalue weighted by atomic mass is 9.97. The molecule has 0 aliphatic heterocycles. The molecular weight excluding hydrogens is 208 g/mol. The van der Waals surface area contributed by atoms with Crippen molar-refractivity contribution >= 4 is 11.9 Å². The van der Waals surface area contributed by atoms with Gasteiger partial charge in [-0.05, 0) is 19.3 Å². The summed E-state index contributed by atoms with van der Waals surface area (Å²) in [4.78, 5) is 22.9. The van der Waals surface area contributed by atoms with E-state index in [0.717, 1.165) is 19.3 Å². The Bertz CT molecular complexity index is 272. The van der Waals surface area contributed by atoms with Crippen molar-refractivity contribution in [3.05, 3.63) is 0 Å². The second kappa shape index (κ2) is 5.30. The lowest BCUT2D eigenvalue weighted by Crippen LogP contribution is -2.56. The smallest absolute Gasteiger partial charge is 0.329 e. The summed E-state index contributed by atoms with van der Waals surface area (Å²) < 4.78 is 0. The van der Waals surface area contributed by atoms with Crippen LogP contribution in [0.4, 0.5) is 0 Å². The molecule has 1 saturated carbocycles. The lowest BCUT2D eigenvalue weighted by molar-refractivity contribution is -0.147. The van der Waals surface area contributed by atoms with Gasteiger partial charge in [0.05, 0.1) is 6.04 Å². The maximum Gasteiger partial charge on any atom is 0.329 e. The molecule has 1 rings (SSSR count). The van der Waals surface area contributed by atoms with E-state index in [1.807, 2.05) is 6.92 Å². The van der Waals surface area contributed by atoms with Crippen LogP contribution in [0.1, 0.15) is 45.4 Å². The molecule has 0 aromatic rings. The van der Waals surface area contributed by atoms with Gasteiger partial charge in [0.2, 0.25) is 5.91 Å². The van der Waals surface area contributed by atoms with Gasteiger partial charge in [-0.15, -0.1) is 0 Å². The first-order valence-electron chi connectivity index (χ1n) is 5.83. The first-order valence-corrected chi connectivity index (χ1v) is 5.83. The molecule has 0 spiro atoms. The SMILES string of the molecule is CCCC(N)C(=O)NC1(C(=O)O)CCCC1. The van der Waals surface area contributed by atoms with Gasteiger partial charge in [0.15, 0.2) is 0 Å². The van der Waals surface area contributed by atoms with Crippen LogP contribution in [0.3, 0.4) is 0 Å². The zero-order chi connectivity index (χ0) is 12.2. The van der Waals surface area contributed by atoms with Gasteiger partial charge in [-0.2, -0.15) is 0 Å². The number of rotatable bonds is 5. The van der Waals surface area contributed by atoms with Crippen LogP contribution in [0.25, 0.3) is 0 Å². The highest BCUT2D eigenvalue weighted by atomic mass is 16.4. The fourth-order valence-electron chi connectivity index (χ4n) is 2.14. The van der Waals surface area contributed by atoms with Crippen molar-refractivity contribution in [1.29, 1.82) is 0 Å². The first-order chi connectivity index (χ1) is 7.52. The molecule has 4 N–H and O–H groups in total. The monoisotopic (exact) mass is 228 g/mol. The van der Waals surface area contributed by atoms with Gasteiger partial charge in [0, 0.05) is 0 Å². The van der Waals surface area contributed by atoms with Crippen molar-refractivity contribution in [3.8, 4) is 0 Å². The van der Waals surface area contributed by atoms with E-state index in [-0.39, 0.29) is 5.91 Å². The highest BCUT2D eigenvalue weighted by molar-refractivity contribution is 5.89. The fraction of sp³-hybridized carbons (Fsp3) is 0.818. The van der Waals surface area contributed by atoms with Gasteiger partial charge >= 0.3 is 5.97 Å². The molecule has 1 fully saturated rings. The number of carbonyl (C=O) groups is 2. The van der Waals surface area contributed by atoms with E-state index < -0.39 is 17.6 Å². The number of hydrogen-bond acceptors (Lipinski definition) is 3. The van der Waals surface area contributed by atoms with Crippen LogP contribution in [0.2, 0.25) is 0 Å². The van der Waals surface area contributed by atoms with Gasteiger partial charge in [0.1, 0.15) is 5.54 Å². The minimum absolute atomic E-state index is 0.342. The number of hydrogen-bond donors (Lipinski definition) is 3. The zero-order valence-electron chi connectivity index (χ0n) is 9.66. The summed E-state index contributed by atoms with van der Waals surface area (Å²) in [7, 11) is 0. The average Bonchev–Trinajstić information content (AvgIpc) is 2.68. The highest BCUT2D eigenvalue weighted by Gasteiger charge is 2.43. The van der Waals surface area contributed by atoms with E-state index in [1.165, 1.54) is 0 Å². The van der Waals surface area contributed by atoms with E-state index in [0.29, 0.717) is 19.3 Å². The number of aliphatic carboxylic acids is 1. The quantitative estimate of drug-likeness (QED) is 0.643. The topological polar surface area (TPSA) is 92.4 Å². The van der Waals surface area contributed by atoms with Gasteiger partial charge in [0.25, 0.3) is 0 Å². The molecule has 1 atom stereocenters. The summed E-state index contributed by atoms with van der Waals surface area (Å²) in [6.07, 6.45) is 4.10. The summed E-state index contributed by atoms with van der Waals surface area (Å²) in [6, 6.07) is -0.596. The molecule has 0 aromatic carbocycles. The predicted molar refractivity (Wildman–Crippen MR) is 59.9 cm³/mol. The van der Waals surface area contributed by atoms with Crippen LogP contribution < -0.4 is 11.1 Å². The Kier molecular flexibility index (Phi) is 4.29. The second-order valence-electron chi connectivity index (χ2n) is 4.48. The van der Waals surface area contributed by atoms with Crippen molar-refractivity contribution in [2.75, 3.05) is 0 Å². The Labute approximate surface area is 95.4 Å². The molecular formula is C11H20N2O3. The molecule has 92 valence electrons. The lowest BCUT2D eigenvalue weighted by Gasteiger charge is -2.26. The molecule has 1 aliphatic carbocycles. The Balaban J connectivity index is 2.62. The molecule has 16 heavy (non-hydrogen) atoms. The van der Waals surface area contributed by atoms with Crippen LogP contribution in [-0.4, -0.2) is 28.6 Å². The van der Waals surface area contributed by atoms with Crippen molar-refractivity contribution < 1.29 is 14.7 Å². The molecule has 0 aromatic heterocycles. The number of amides is 1. The number of carboxylic acids is 1. The van der Waals surface area contributed by atoms with Crippen LogP contribution in [0.5, 0.6) is 0 Å². The Morgan fingerprint density at radius 1 is 1.44 bits per heavy atom. The summed E-state index contributed by atoms with van der Waals surface area (Å²) in [6.45, 7) is 1.94. The molecule has 0 radical (unpaired) electrons. The molecule has 0 heterocycles. The van der Waals surface area contributed by atoms with Crippen LogP contribution in [0, 0.1) is 0 Å². The van der Waals surface area contributed by atoms with Crippen molar-refractivity contribution in [2.45, 2.75) is 57.0 Å². The van der Waals surface area contributed by atoms with E-state index in [4.69, 9.17) is 10.8 Å². The summed E-state index contributed by atoms with van der Waals surface area (Å²) in [5.74, 6) is -1.28. The van der Waals surface area contributed by atoms with Crippen molar-refractivity contribution in [2.24, 2.45) is 5.73 Å². The van der Waals surface area contributed by atoms with Crippen molar-refractivity contribution in [3.63, 3.8) is 0 Å². The fourth-order valence-corrected chi connectivity index (χ4v) is 2.14. The molecule has 1 amide bonds. The predicted octanol–water partition coefficient (Wildman–Crippen LogP) is 0.627. The average molecular weight is 228 g/mol. The Hall–Kier alpha value is -1.10. The third-order valence-electron chi connectivity index (χ3n) is 3.17. The highest BCUT2D eigenvalue weighted by Crippen LogP contribution is 2.29. The van der Waals surface area contributed by atoms with Crippen LogP contribution in [-0.2, 0) is 9.59 Å². The third-order valence-corrected chi connectivity index (χ3v) is 3.17. The minimum Gasteiger partial charge on any atom is -0.480 e. The van der Waals surface area contributed by atoms with E-state index in [2.05, 4.69) is 5.32 Å². The minimum atomic E-state index is -1.07. The normalized spacial score (nSPS) is 20.4. The molecule has 1 aliphatic rings. The largest absolute Gasteiger partial charge is 0.480 e. The van der Waals surface area contributed by atoms with Crippen molar-refractivity contribution in [1.82, 2.24) is 5.32 Å². The number of carboxylic acid groups (broad SMARTS) is 1. The number of carbonyl (C=O) groups excluding carboxylic acids is 1. The van der Waals surface area contributed by atoms with Gasteiger partial charge in [-0.3, -0.25) is 4.79 Å². The first kappa shape index (κ1) is 13.0. The van der Waals surface area contributed by atoms with Crippen LogP contribution in [0.15, 0.2) is 0 Å². The van der Waals surface area contributed by atoms with Gasteiger partial charge in [-0.1, -0.05) is 26.2 Å². The summed E-state index contributed by atoms with van der Waals surface area (Å²) in [5.41, 5.74) is 4.59. The molecule has 5 nitrogen and oxygen atoms in total. The number of nitrogens with two attached hydrogens (primary N) is 1. The van der Waals surface area contributed by atoms with E-state index in [1.54, 1.807) is 0 Å². The maximum absolute atomic E-state index is 11.7. The standard InChI is InChI=1S/C11H20N2O3/c1-2-5-8(12)9(14)13-11(10(15)16)6-3-4-7-11/h8H,2-7,12H2,1H3,(H,13,14)(H,15,16). The Morgan fingerprint density at radius 2 is 2.00 bits per heavy atom. The van der Waals surface area contributed by atoms with Gasteiger partial charge < -0.3 is 16.2 Å². The van der Waals surface area contributed by atoms with Crippen LogP contribution >= 0.6 is 0 Å². The number of nitrogens with one attached hydrogen (secondary N) is 1. The van der Waals surface area contributed by atoms with E-state index in [9.17, 15) is 9.59 Å². The third kappa shape index (κ3) is 2.72. The molecule has 1 unspecified atom stereocenters. The molecule has 0 saturated heterocycles. The summed E-state index contributed by atoms with van der Waals surface area (Å²) >= 11 is 0. The maximum atomic E-state index is 11.7. The summed E-state index contributed by atoms with van der Waals surface area (Å²) in [5, 5.41) is 11.8. The van der Waals surface area contributed by atoms with E-state index >= 15 is 0 Å². The van der Waals surface area contributed by atoms with Gasteiger partial charge in [-0.25, -0.2) is 4.79 Å². The molecule has 0 bridgehead atoms. The molecule has 5 heteroatoms. The zero-order valence-corrected chi connectivity index (χ0v) is 9.66. The Morgan fingerprint density at radius 3 is 2.44 bits per heavy atom. The second-order valence-corrected chi connectivity index (χ2v) is 4.48.